The van der Waals surface area contributed by atoms with Gasteiger partial charge < -0.3 is 15.2 Å². The molecule has 0 amide bonds. The van der Waals surface area contributed by atoms with Gasteiger partial charge in [-0.3, -0.25) is 0 Å². The molecule has 2 aromatic rings. The first-order valence-corrected chi connectivity index (χ1v) is 7.63. The van der Waals surface area contributed by atoms with Gasteiger partial charge in [-0.2, -0.15) is 4.98 Å². The molecular weight excluding hydrogens is 264 g/mol. The molecule has 1 saturated heterocycles. The molecule has 0 saturated carbocycles. The number of hydrogen-bond donors (Lipinski definition) is 1. The Bertz CT molecular complexity index is 573. The van der Waals surface area contributed by atoms with E-state index in [0.29, 0.717) is 11.7 Å². The number of aromatic nitrogens is 2. The average molecular weight is 286 g/mol. The van der Waals surface area contributed by atoms with E-state index in [1.54, 1.807) is 0 Å². The Morgan fingerprint density at radius 1 is 1.24 bits per heavy atom. The molecule has 1 fully saturated rings. The van der Waals surface area contributed by atoms with E-state index in [1.165, 1.54) is 5.69 Å². The van der Waals surface area contributed by atoms with Gasteiger partial charge in [0, 0.05) is 25.2 Å². The van der Waals surface area contributed by atoms with E-state index >= 15 is 0 Å². The van der Waals surface area contributed by atoms with Crippen LogP contribution in [0.25, 0.3) is 0 Å². The monoisotopic (exact) mass is 286 g/mol. The second-order valence-corrected chi connectivity index (χ2v) is 5.74. The van der Waals surface area contributed by atoms with Crippen LogP contribution in [0, 0.1) is 0 Å². The van der Waals surface area contributed by atoms with Crippen LogP contribution in [0.15, 0.2) is 34.9 Å². The summed E-state index contributed by atoms with van der Waals surface area (Å²) in [5, 5.41) is 4.10. The first kappa shape index (κ1) is 14.1. The number of nitrogens with zero attached hydrogens (tertiary/aromatic N) is 3. The summed E-state index contributed by atoms with van der Waals surface area (Å²) >= 11 is 0. The van der Waals surface area contributed by atoms with Gasteiger partial charge in [-0.05, 0) is 31.4 Å². The lowest BCUT2D eigenvalue weighted by Crippen LogP contribution is -2.49. The van der Waals surface area contributed by atoms with Crippen LogP contribution in [-0.4, -0.2) is 23.2 Å². The number of benzene rings is 1. The molecule has 3 rings (SSSR count). The molecule has 1 aromatic carbocycles. The van der Waals surface area contributed by atoms with E-state index in [-0.39, 0.29) is 0 Å². The molecular formula is C16H22N4O. The van der Waals surface area contributed by atoms with Crippen LogP contribution in [-0.2, 0) is 12.0 Å². The Hall–Kier alpha value is -1.88. The fourth-order valence-electron chi connectivity index (χ4n) is 2.80. The van der Waals surface area contributed by atoms with E-state index < -0.39 is 5.54 Å². The van der Waals surface area contributed by atoms with Gasteiger partial charge in [0.2, 0.25) is 5.89 Å². The lowest BCUT2D eigenvalue weighted by Gasteiger charge is -2.38. The maximum Gasteiger partial charge on any atom is 0.226 e. The van der Waals surface area contributed by atoms with Crippen molar-refractivity contribution in [1.29, 1.82) is 0 Å². The number of hydrogen-bond acceptors (Lipinski definition) is 5. The van der Waals surface area contributed by atoms with Crippen LogP contribution < -0.4 is 10.6 Å². The van der Waals surface area contributed by atoms with Crippen molar-refractivity contribution in [2.45, 2.75) is 38.1 Å². The highest BCUT2D eigenvalue weighted by Gasteiger charge is 2.36. The van der Waals surface area contributed by atoms with Gasteiger partial charge in [-0.15, -0.1) is 0 Å². The molecule has 21 heavy (non-hydrogen) atoms. The molecule has 0 radical (unpaired) electrons. The lowest BCUT2D eigenvalue weighted by molar-refractivity contribution is 0.302. The SMILES string of the molecule is CCCc1nc(C2(N)CCN(c3ccccc3)CC2)no1. The van der Waals surface area contributed by atoms with Crippen LogP contribution in [0.2, 0.25) is 0 Å². The topological polar surface area (TPSA) is 68.2 Å². The molecule has 0 bridgehead atoms. The molecule has 5 nitrogen and oxygen atoms in total. The number of nitrogens with two attached hydrogens (primary N) is 1. The maximum absolute atomic E-state index is 6.52. The molecule has 0 unspecified atom stereocenters. The summed E-state index contributed by atoms with van der Waals surface area (Å²) in [5.74, 6) is 1.36. The van der Waals surface area contributed by atoms with Crippen molar-refractivity contribution in [3.05, 3.63) is 42.0 Å². The minimum Gasteiger partial charge on any atom is -0.371 e. The van der Waals surface area contributed by atoms with Gasteiger partial charge in [0.05, 0.1) is 5.54 Å². The van der Waals surface area contributed by atoms with Crippen molar-refractivity contribution in [3.63, 3.8) is 0 Å². The fourth-order valence-corrected chi connectivity index (χ4v) is 2.80. The molecule has 1 aromatic heterocycles. The predicted octanol–water partition coefficient (Wildman–Crippen LogP) is 2.48. The van der Waals surface area contributed by atoms with E-state index in [9.17, 15) is 0 Å². The zero-order valence-corrected chi connectivity index (χ0v) is 12.5. The highest BCUT2D eigenvalue weighted by atomic mass is 16.5. The minimum absolute atomic E-state index is 0.458. The normalized spacial score (nSPS) is 17.9. The first-order valence-electron chi connectivity index (χ1n) is 7.63. The van der Waals surface area contributed by atoms with Crippen LogP contribution in [0.1, 0.15) is 37.9 Å². The summed E-state index contributed by atoms with van der Waals surface area (Å²) in [4.78, 5) is 6.83. The molecule has 112 valence electrons. The summed E-state index contributed by atoms with van der Waals surface area (Å²) in [7, 11) is 0. The van der Waals surface area contributed by atoms with Crippen molar-refractivity contribution >= 4 is 5.69 Å². The van der Waals surface area contributed by atoms with Crippen molar-refractivity contribution in [2.75, 3.05) is 18.0 Å². The zero-order valence-electron chi connectivity index (χ0n) is 12.5. The molecule has 2 heterocycles. The van der Waals surface area contributed by atoms with Gasteiger partial charge >= 0.3 is 0 Å². The van der Waals surface area contributed by atoms with Gasteiger partial charge in [-0.25, -0.2) is 0 Å². The largest absolute Gasteiger partial charge is 0.371 e. The summed E-state index contributed by atoms with van der Waals surface area (Å²) in [5.41, 5.74) is 7.31. The summed E-state index contributed by atoms with van der Waals surface area (Å²) < 4.78 is 5.28. The maximum atomic E-state index is 6.52. The van der Waals surface area contributed by atoms with Crippen molar-refractivity contribution < 1.29 is 4.52 Å². The highest BCUT2D eigenvalue weighted by molar-refractivity contribution is 5.46. The zero-order chi connectivity index (χ0) is 14.7. The number of anilines is 1. The third-order valence-electron chi connectivity index (χ3n) is 4.15. The van der Waals surface area contributed by atoms with Crippen molar-refractivity contribution in [1.82, 2.24) is 10.1 Å². The number of piperidine rings is 1. The van der Waals surface area contributed by atoms with Gasteiger partial charge in [0.1, 0.15) is 0 Å². The second-order valence-electron chi connectivity index (χ2n) is 5.74. The fraction of sp³-hybridized carbons (Fsp3) is 0.500. The molecule has 0 spiro atoms. The predicted molar refractivity (Wildman–Crippen MR) is 82.0 cm³/mol. The number of para-hydroxylation sites is 1. The summed E-state index contributed by atoms with van der Waals surface area (Å²) in [6, 6.07) is 10.4. The third kappa shape index (κ3) is 2.93. The Morgan fingerprint density at radius 3 is 2.62 bits per heavy atom. The first-order chi connectivity index (χ1) is 10.2. The second kappa shape index (κ2) is 5.85. The van der Waals surface area contributed by atoms with Gasteiger partial charge in [-0.1, -0.05) is 30.3 Å². The molecule has 1 aliphatic heterocycles. The summed E-state index contributed by atoms with van der Waals surface area (Å²) in [6.45, 7) is 3.93. The lowest BCUT2D eigenvalue weighted by atomic mass is 9.87. The van der Waals surface area contributed by atoms with E-state index in [0.717, 1.165) is 38.8 Å². The Balaban J connectivity index is 1.68. The van der Waals surface area contributed by atoms with Crippen LogP contribution in [0.3, 0.4) is 0 Å². The van der Waals surface area contributed by atoms with E-state index in [4.69, 9.17) is 10.3 Å². The summed E-state index contributed by atoms with van der Waals surface area (Å²) in [6.07, 6.45) is 3.50. The molecule has 0 aliphatic carbocycles. The number of aryl methyl sites for hydroxylation is 1. The van der Waals surface area contributed by atoms with Gasteiger partial charge in [0.25, 0.3) is 0 Å². The van der Waals surface area contributed by atoms with Gasteiger partial charge in [0.15, 0.2) is 5.82 Å². The average Bonchev–Trinajstić information content (AvgIpc) is 2.99. The third-order valence-corrected chi connectivity index (χ3v) is 4.15. The van der Waals surface area contributed by atoms with Crippen LogP contribution in [0.4, 0.5) is 5.69 Å². The quantitative estimate of drug-likeness (QED) is 0.935. The smallest absolute Gasteiger partial charge is 0.226 e. The standard InChI is InChI=1S/C16H22N4O/c1-2-6-14-18-15(19-21-14)16(17)9-11-20(12-10-16)13-7-4-3-5-8-13/h3-5,7-8H,2,6,9-12,17H2,1H3. The van der Waals surface area contributed by atoms with Crippen LogP contribution >= 0.6 is 0 Å². The minimum atomic E-state index is -0.458. The Labute approximate surface area is 125 Å². The van der Waals surface area contributed by atoms with Crippen LogP contribution in [0.5, 0.6) is 0 Å². The van der Waals surface area contributed by atoms with Crippen molar-refractivity contribution in [2.24, 2.45) is 5.73 Å². The van der Waals surface area contributed by atoms with E-state index in [2.05, 4.69) is 46.2 Å². The van der Waals surface area contributed by atoms with Crippen molar-refractivity contribution in [3.8, 4) is 0 Å². The van der Waals surface area contributed by atoms with E-state index in [1.807, 2.05) is 6.07 Å². The molecule has 1 aliphatic rings. The molecule has 5 heteroatoms. The Kier molecular flexibility index (Phi) is 3.92. The molecule has 0 atom stereocenters. The number of rotatable bonds is 4. The molecule has 2 N–H and O–H groups in total. The Morgan fingerprint density at radius 2 is 1.95 bits per heavy atom. The highest BCUT2D eigenvalue weighted by Crippen LogP contribution is 2.30.